The number of fused-ring (bicyclic) bond motifs is 1. The minimum Gasteiger partial charge on any atom is -0.488 e. The number of esters is 1. The Bertz CT molecular complexity index is 1350. The number of halogens is 1. The first-order valence-corrected chi connectivity index (χ1v) is 11.1. The van der Waals surface area contributed by atoms with Crippen LogP contribution in [-0.2, 0) is 29.1 Å². The van der Waals surface area contributed by atoms with Gasteiger partial charge in [0.25, 0.3) is 0 Å². The number of benzene rings is 2. The van der Waals surface area contributed by atoms with E-state index in [0.29, 0.717) is 29.1 Å². The molecule has 2 N–H and O–H groups in total. The molecular formula is C27H27FN2O4. The number of ether oxygens (including phenoxy) is 2. The normalized spacial score (nSPS) is 11.1. The van der Waals surface area contributed by atoms with Crippen molar-refractivity contribution in [1.29, 1.82) is 0 Å². The summed E-state index contributed by atoms with van der Waals surface area (Å²) in [6.45, 7) is 6.29. The third-order valence-corrected chi connectivity index (χ3v) is 5.84. The summed E-state index contributed by atoms with van der Waals surface area (Å²) in [4.78, 5) is 16.1. The molecular weight excluding hydrogens is 435 g/mol. The fourth-order valence-electron chi connectivity index (χ4n) is 3.97. The molecule has 6 nitrogen and oxygen atoms in total. The predicted octanol–water partition coefficient (Wildman–Crippen LogP) is 5.39. The van der Waals surface area contributed by atoms with Gasteiger partial charge in [-0.05, 0) is 61.7 Å². The van der Waals surface area contributed by atoms with Crippen LogP contribution >= 0.6 is 0 Å². The number of carbonyl (C=O) groups is 1. The lowest BCUT2D eigenvalue weighted by Crippen LogP contribution is -2.10. The van der Waals surface area contributed by atoms with Crippen molar-refractivity contribution in [3.05, 3.63) is 82.6 Å². The van der Waals surface area contributed by atoms with E-state index in [1.54, 1.807) is 19.3 Å². The molecule has 176 valence electrons. The molecule has 0 aliphatic rings. The van der Waals surface area contributed by atoms with Crippen molar-refractivity contribution in [3.63, 3.8) is 0 Å². The van der Waals surface area contributed by atoms with Gasteiger partial charge < -0.3 is 19.6 Å². The number of carbonyl (C=O) groups excluding carboxylic acids is 1. The molecule has 34 heavy (non-hydrogen) atoms. The first-order valence-electron chi connectivity index (χ1n) is 11.1. The average molecular weight is 463 g/mol. The van der Waals surface area contributed by atoms with Crippen molar-refractivity contribution in [3.8, 4) is 16.9 Å². The van der Waals surface area contributed by atoms with E-state index >= 15 is 4.39 Å². The number of hydrogen-bond donors (Lipinski definition) is 1. The van der Waals surface area contributed by atoms with Crippen molar-refractivity contribution < 1.29 is 23.1 Å². The molecule has 0 bridgehead atoms. The van der Waals surface area contributed by atoms with Crippen molar-refractivity contribution in [2.45, 2.75) is 40.3 Å². The fraction of sp³-hybridized carbons (Fsp3) is 0.259. The van der Waals surface area contributed by atoms with E-state index in [0.717, 1.165) is 27.6 Å². The second-order valence-corrected chi connectivity index (χ2v) is 8.07. The van der Waals surface area contributed by atoms with Gasteiger partial charge in [-0.15, -0.1) is 0 Å². The highest BCUT2D eigenvalue weighted by Gasteiger charge is 2.18. The molecule has 0 aliphatic heterocycles. The molecule has 0 fully saturated rings. The zero-order chi connectivity index (χ0) is 24.2. The third-order valence-electron chi connectivity index (χ3n) is 5.84. The summed E-state index contributed by atoms with van der Waals surface area (Å²) < 4.78 is 32.1. The molecule has 0 atom stereocenters. The number of aromatic nitrogens is 1. The number of furan rings is 1. The molecule has 7 heteroatoms. The maximum absolute atomic E-state index is 15.1. The molecule has 0 saturated carbocycles. The predicted molar refractivity (Wildman–Crippen MR) is 128 cm³/mol. The van der Waals surface area contributed by atoms with Gasteiger partial charge in [0.2, 0.25) is 0 Å². The largest absolute Gasteiger partial charge is 0.488 e. The molecule has 0 spiro atoms. The highest BCUT2D eigenvalue weighted by molar-refractivity contribution is 5.93. The summed E-state index contributed by atoms with van der Waals surface area (Å²) in [6, 6.07) is 11.1. The molecule has 0 radical (unpaired) electrons. The van der Waals surface area contributed by atoms with E-state index in [1.165, 1.54) is 6.20 Å². The van der Waals surface area contributed by atoms with Gasteiger partial charge in [0, 0.05) is 34.8 Å². The van der Waals surface area contributed by atoms with Crippen LogP contribution in [0.15, 0.2) is 53.3 Å². The first kappa shape index (κ1) is 23.4. The molecule has 4 aromatic rings. The summed E-state index contributed by atoms with van der Waals surface area (Å²) in [5.41, 5.74) is 11.0. The molecule has 0 aliphatic carbocycles. The number of pyridine rings is 1. The molecule has 2 aromatic heterocycles. The summed E-state index contributed by atoms with van der Waals surface area (Å²) in [5.74, 6) is -0.115. The topological polar surface area (TPSA) is 87.6 Å². The Labute approximate surface area is 197 Å². The van der Waals surface area contributed by atoms with Gasteiger partial charge in [-0.3, -0.25) is 9.78 Å². The van der Waals surface area contributed by atoms with E-state index in [1.807, 2.05) is 44.2 Å². The molecule has 0 unspecified atom stereocenters. The zero-order valence-corrected chi connectivity index (χ0v) is 19.5. The lowest BCUT2D eigenvalue weighted by molar-refractivity contribution is -0.142. The van der Waals surface area contributed by atoms with Gasteiger partial charge in [0.05, 0.1) is 25.0 Å². The lowest BCUT2D eigenvalue weighted by atomic mass is 10.00. The van der Waals surface area contributed by atoms with Gasteiger partial charge in [-0.1, -0.05) is 12.1 Å². The standard InChI is InChI=1S/C27H27FN2O4/c1-4-32-24(31)13-19-6-5-16(2)17(3)26(19)34-15-18-11-20-8-10-33-27(20)22(12-18)21-7-9-30-23(14-29)25(21)28/h5-12H,4,13-15,29H2,1-3H3. The Hall–Kier alpha value is -3.71. The van der Waals surface area contributed by atoms with Crippen LogP contribution < -0.4 is 10.5 Å². The van der Waals surface area contributed by atoms with Gasteiger partial charge in [0.1, 0.15) is 17.9 Å². The number of hydrogen-bond acceptors (Lipinski definition) is 6. The maximum atomic E-state index is 15.1. The van der Waals surface area contributed by atoms with Gasteiger partial charge in [-0.2, -0.15) is 0 Å². The molecule has 2 aromatic carbocycles. The van der Waals surface area contributed by atoms with Crippen LogP contribution in [0, 0.1) is 19.7 Å². The van der Waals surface area contributed by atoms with Crippen molar-refractivity contribution >= 4 is 16.9 Å². The SMILES string of the molecule is CCOC(=O)Cc1ccc(C)c(C)c1OCc1cc(-c2ccnc(CN)c2F)c2occc2c1. The summed E-state index contributed by atoms with van der Waals surface area (Å²) in [7, 11) is 0. The van der Waals surface area contributed by atoms with E-state index in [2.05, 4.69) is 4.98 Å². The summed E-state index contributed by atoms with van der Waals surface area (Å²) in [5, 5.41) is 0.828. The first-order chi connectivity index (χ1) is 16.4. The Kier molecular flexibility index (Phi) is 6.93. The van der Waals surface area contributed by atoms with Crippen LogP contribution in [0.5, 0.6) is 5.75 Å². The van der Waals surface area contributed by atoms with Crippen molar-refractivity contribution in [2.24, 2.45) is 5.73 Å². The number of aryl methyl sites for hydroxylation is 1. The van der Waals surface area contributed by atoms with Crippen LogP contribution in [0.25, 0.3) is 22.1 Å². The summed E-state index contributed by atoms with van der Waals surface area (Å²) >= 11 is 0. The van der Waals surface area contributed by atoms with Crippen LogP contribution in [0.4, 0.5) is 4.39 Å². The number of nitrogens with two attached hydrogens (primary N) is 1. The van der Waals surface area contributed by atoms with Crippen molar-refractivity contribution in [2.75, 3.05) is 6.61 Å². The molecule has 0 amide bonds. The summed E-state index contributed by atoms with van der Waals surface area (Å²) in [6.07, 6.45) is 3.24. The Morgan fingerprint density at radius 3 is 2.74 bits per heavy atom. The van der Waals surface area contributed by atoms with E-state index < -0.39 is 5.82 Å². The van der Waals surface area contributed by atoms with Crippen LogP contribution in [-0.4, -0.2) is 17.6 Å². The average Bonchev–Trinajstić information content (AvgIpc) is 3.30. The van der Waals surface area contributed by atoms with E-state index in [4.69, 9.17) is 19.6 Å². The van der Waals surface area contributed by atoms with Gasteiger partial charge in [0.15, 0.2) is 5.82 Å². The maximum Gasteiger partial charge on any atom is 0.310 e. The second kappa shape index (κ2) is 10.1. The minimum atomic E-state index is -0.466. The van der Waals surface area contributed by atoms with Crippen LogP contribution in [0.2, 0.25) is 0 Å². The van der Waals surface area contributed by atoms with Crippen LogP contribution in [0.3, 0.4) is 0 Å². The number of rotatable bonds is 8. The minimum absolute atomic E-state index is 0.000347. The molecule has 0 saturated heterocycles. The fourth-order valence-corrected chi connectivity index (χ4v) is 3.97. The van der Waals surface area contributed by atoms with Crippen molar-refractivity contribution in [1.82, 2.24) is 4.98 Å². The molecule has 2 heterocycles. The van der Waals surface area contributed by atoms with Gasteiger partial charge >= 0.3 is 5.97 Å². The molecule has 4 rings (SSSR count). The Balaban J connectivity index is 1.70. The quantitative estimate of drug-likeness (QED) is 0.353. The Morgan fingerprint density at radius 2 is 1.97 bits per heavy atom. The van der Waals surface area contributed by atoms with Gasteiger partial charge in [-0.25, -0.2) is 4.39 Å². The highest BCUT2D eigenvalue weighted by atomic mass is 19.1. The number of nitrogens with zero attached hydrogens (tertiary/aromatic N) is 1. The smallest absolute Gasteiger partial charge is 0.310 e. The van der Waals surface area contributed by atoms with E-state index in [9.17, 15) is 4.79 Å². The highest BCUT2D eigenvalue weighted by Crippen LogP contribution is 2.34. The lowest BCUT2D eigenvalue weighted by Gasteiger charge is -2.16. The zero-order valence-electron chi connectivity index (χ0n) is 19.5. The third kappa shape index (κ3) is 4.65. The monoisotopic (exact) mass is 462 g/mol. The van der Waals surface area contributed by atoms with E-state index in [-0.39, 0.29) is 31.2 Å². The van der Waals surface area contributed by atoms with Crippen LogP contribution in [0.1, 0.15) is 34.9 Å². The Morgan fingerprint density at radius 1 is 1.15 bits per heavy atom. The second-order valence-electron chi connectivity index (χ2n) is 8.07.